The minimum absolute atomic E-state index is 0.0292. The van der Waals surface area contributed by atoms with Crippen LogP contribution in [0.4, 0.5) is 0 Å². The van der Waals surface area contributed by atoms with Crippen LogP contribution >= 0.6 is 11.8 Å². The molecule has 1 saturated carbocycles. The smallest absolute Gasteiger partial charge is 0.242 e. The van der Waals surface area contributed by atoms with Gasteiger partial charge in [0, 0.05) is 25.2 Å². The van der Waals surface area contributed by atoms with E-state index in [4.69, 9.17) is 0 Å². The Balaban J connectivity index is 1.66. The topological polar surface area (TPSA) is 49.4 Å². The number of carbonyl (C=O) groups is 2. The largest absolute Gasteiger partial charge is 0.389 e. The van der Waals surface area contributed by atoms with Crippen molar-refractivity contribution >= 4 is 23.6 Å². The van der Waals surface area contributed by atoms with Gasteiger partial charge in [-0.15, -0.1) is 11.8 Å². The second-order valence-corrected chi connectivity index (χ2v) is 10.5. The number of likely N-dealkylation sites (tertiary alicyclic amines) is 1. The quantitative estimate of drug-likeness (QED) is 0.462. The summed E-state index contributed by atoms with van der Waals surface area (Å²) in [6.07, 6.45) is 9.91. The van der Waals surface area contributed by atoms with Gasteiger partial charge in [0.05, 0.1) is 5.25 Å². The number of carbonyl (C=O) groups excluding carboxylic acids is 2. The highest BCUT2D eigenvalue weighted by Crippen LogP contribution is 2.32. The van der Waals surface area contributed by atoms with Gasteiger partial charge in [-0.1, -0.05) is 40.2 Å². The Hall–Kier alpha value is -0.970. The molecule has 2 aliphatic rings. The van der Waals surface area contributed by atoms with Crippen molar-refractivity contribution in [2.24, 2.45) is 17.8 Å². The molecule has 2 rings (SSSR count). The average molecular weight is 409 g/mol. The van der Waals surface area contributed by atoms with Crippen LogP contribution in [0, 0.1) is 17.8 Å². The van der Waals surface area contributed by atoms with Gasteiger partial charge in [-0.2, -0.15) is 0 Å². The van der Waals surface area contributed by atoms with Gasteiger partial charge in [0.1, 0.15) is 0 Å². The molecule has 4 nitrogen and oxygen atoms in total. The monoisotopic (exact) mass is 408 g/mol. The number of amides is 2. The molecule has 3 atom stereocenters. The molecule has 1 aliphatic heterocycles. The van der Waals surface area contributed by atoms with Crippen LogP contribution < -0.4 is 5.32 Å². The molecule has 0 bridgehead atoms. The summed E-state index contributed by atoms with van der Waals surface area (Å²) in [6, 6.07) is 0. The molecule has 1 aliphatic carbocycles. The van der Waals surface area contributed by atoms with Crippen molar-refractivity contribution in [2.45, 2.75) is 83.8 Å². The molecule has 5 heteroatoms. The highest BCUT2D eigenvalue weighted by molar-refractivity contribution is 8.00. The Morgan fingerprint density at radius 2 is 2.04 bits per heavy atom. The molecule has 1 heterocycles. The number of thioether (sulfide) groups is 1. The molecule has 0 aromatic heterocycles. The minimum atomic E-state index is -0.133. The lowest BCUT2D eigenvalue weighted by atomic mass is 9.79. The van der Waals surface area contributed by atoms with Gasteiger partial charge in [0.15, 0.2) is 0 Å². The van der Waals surface area contributed by atoms with Gasteiger partial charge in [-0.25, -0.2) is 0 Å². The zero-order chi connectivity index (χ0) is 20.5. The third-order valence-corrected chi connectivity index (χ3v) is 7.22. The fourth-order valence-electron chi connectivity index (χ4n) is 4.45. The first-order chi connectivity index (χ1) is 13.4. The summed E-state index contributed by atoms with van der Waals surface area (Å²) in [4.78, 5) is 26.0. The van der Waals surface area contributed by atoms with Crippen molar-refractivity contribution in [2.75, 3.05) is 18.8 Å². The summed E-state index contributed by atoms with van der Waals surface area (Å²) in [5.74, 6) is 3.15. The average Bonchev–Trinajstić information content (AvgIpc) is 2.93. The van der Waals surface area contributed by atoms with Gasteiger partial charge in [0.25, 0.3) is 0 Å². The standard InChI is InChI=1S/C23H40N2O2S/c1-5-28-21-15-22(26)25(23(21)27)13-7-10-19-8-6-9-20(14-19)16-24-18(4)12-11-17(2)3/h17,19-21,24H,4-16H2,1-3H3. The molecular formula is C23H40N2O2S. The van der Waals surface area contributed by atoms with Crippen molar-refractivity contribution < 1.29 is 9.59 Å². The van der Waals surface area contributed by atoms with E-state index in [1.807, 2.05) is 6.92 Å². The van der Waals surface area contributed by atoms with Crippen LogP contribution in [0.2, 0.25) is 0 Å². The van der Waals surface area contributed by atoms with Gasteiger partial charge in [0.2, 0.25) is 11.8 Å². The van der Waals surface area contributed by atoms with Crippen LogP contribution in [-0.4, -0.2) is 40.8 Å². The lowest BCUT2D eigenvalue weighted by Gasteiger charge is -2.30. The normalized spacial score (nSPS) is 25.6. The van der Waals surface area contributed by atoms with E-state index >= 15 is 0 Å². The Kier molecular flexibility index (Phi) is 9.90. The second kappa shape index (κ2) is 11.9. The van der Waals surface area contributed by atoms with E-state index in [9.17, 15) is 9.59 Å². The third kappa shape index (κ3) is 7.46. The first-order valence-electron chi connectivity index (χ1n) is 11.3. The molecule has 1 saturated heterocycles. The summed E-state index contributed by atoms with van der Waals surface area (Å²) in [5, 5.41) is 3.43. The molecule has 3 unspecified atom stereocenters. The molecular weight excluding hydrogens is 368 g/mol. The maximum absolute atomic E-state index is 12.4. The third-order valence-electron chi connectivity index (χ3n) is 6.12. The molecule has 2 amide bonds. The SMILES string of the molecule is C=C(CCC(C)C)NCC1CCCC(CCCN2C(=O)CC(SCC)C2=O)C1. The molecule has 0 radical (unpaired) electrons. The highest BCUT2D eigenvalue weighted by Gasteiger charge is 2.38. The van der Waals surface area contributed by atoms with E-state index in [1.54, 1.807) is 11.8 Å². The van der Waals surface area contributed by atoms with E-state index in [-0.39, 0.29) is 17.1 Å². The van der Waals surface area contributed by atoms with Crippen LogP contribution in [0.3, 0.4) is 0 Å². The first-order valence-corrected chi connectivity index (χ1v) is 12.3. The maximum Gasteiger partial charge on any atom is 0.242 e. The van der Waals surface area contributed by atoms with Crippen molar-refractivity contribution in [3.05, 3.63) is 12.3 Å². The van der Waals surface area contributed by atoms with Crippen molar-refractivity contribution in [1.82, 2.24) is 10.2 Å². The van der Waals surface area contributed by atoms with Crippen LogP contribution in [0.5, 0.6) is 0 Å². The molecule has 0 spiro atoms. The van der Waals surface area contributed by atoms with Gasteiger partial charge < -0.3 is 5.32 Å². The Morgan fingerprint density at radius 3 is 2.75 bits per heavy atom. The lowest BCUT2D eigenvalue weighted by Crippen LogP contribution is -2.33. The predicted molar refractivity (Wildman–Crippen MR) is 119 cm³/mol. The summed E-state index contributed by atoms with van der Waals surface area (Å²) in [6.45, 7) is 12.4. The molecule has 0 aromatic carbocycles. The number of allylic oxidation sites excluding steroid dienone is 1. The number of imide groups is 1. The van der Waals surface area contributed by atoms with Crippen LogP contribution in [0.1, 0.15) is 78.6 Å². The molecule has 1 N–H and O–H groups in total. The molecule has 0 aromatic rings. The van der Waals surface area contributed by atoms with Crippen LogP contribution in [0.15, 0.2) is 12.3 Å². The Morgan fingerprint density at radius 1 is 1.29 bits per heavy atom. The molecule has 160 valence electrons. The van der Waals surface area contributed by atoms with Crippen molar-refractivity contribution in [1.29, 1.82) is 0 Å². The zero-order valence-corrected chi connectivity index (χ0v) is 19.0. The summed E-state index contributed by atoms with van der Waals surface area (Å²) in [7, 11) is 0. The van der Waals surface area contributed by atoms with E-state index in [0.717, 1.165) is 49.3 Å². The number of hydrogen-bond donors (Lipinski definition) is 1. The number of hydrogen-bond acceptors (Lipinski definition) is 4. The maximum atomic E-state index is 12.4. The summed E-state index contributed by atoms with van der Waals surface area (Å²) >= 11 is 1.60. The Bertz CT molecular complexity index is 535. The fraction of sp³-hybridized carbons (Fsp3) is 0.826. The lowest BCUT2D eigenvalue weighted by molar-refractivity contribution is -0.138. The highest BCUT2D eigenvalue weighted by atomic mass is 32.2. The number of rotatable bonds is 12. The van der Waals surface area contributed by atoms with E-state index in [2.05, 4.69) is 25.7 Å². The second-order valence-electron chi connectivity index (χ2n) is 8.99. The molecule has 2 fully saturated rings. The van der Waals surface area contributed by atoms with Crippen molar-refractivity contribution in [3.63, 3.8) is 0 Å². The van der Waals surface area contributed by atoms with Gasteiger partial charge in [-0.3, -0.25) is 14.5 Å². The van der Waals surface area contributed by atoms with E-state index < -0.39 is 0 Å². The fourth-order valence-corrected chi connectivity index (χ4v) is 5.38. The first kappa shape index (κ1) is 23.3. The van der Waals surface area contributed by atoms with E-state index in [0.29, 0.717) is 13.0 Å². The zero-order valence-electron chi connectivity index (χ0n) is 18.2. The van der Waals surface area contributed by atoms with Crippen molar-refractivity contribution in [3.8, 4) is 0 Å². The van der Waals surface area contributed by atoms with Gasteiger partial charge in [-0.05, 0) is 62.0 Å². The van der Waals surface area contributed by atoms with Crippen LogP contribution in [-0.2, 0) is 9.59 Å². The summed E-state index contributed by atoms with van der Waals surface area (Å²) in [5.41, 5.74) is 1.18. The van der Waals surface area contributed by atoms with Gasteiger partial charge >= 0.3 is 0 Å². The van der Waals surface area contributed by atoms with Crippen LogP contribution in [0.25, 0.3) is 0 Å². The summed E-state index contributed by atoms with van der Waals surface area (Å²) < 4.78 is 0. The minimum Gasteiger partial charge on any atom is -0.389 e. The van der Waals surface area contributed by atoms with E-state index in [1.165, 1.54) is 42.7 Å². The number of nitrogens with one attached hydrogen (secondary N) is 1. The molecule has 28 heavy (non-hydrogen) atoms. The number of nitrogens with zero attached hydrogens (tertiary/aromatic N) is 1. The Labute approximate surface area is 176 Å². The predicted octanol–water partition coefficient (Wildman–Crippen LogP) is 4.99.